The lowest BCUT2D eigenvalue weighted by atomic mass is 10.3. The third-order valence-electron chi connectivity index (χ3n) is 2.11. The second kappa shape index (κ2) is 4.51. The van der Waals surface area contributed by atoms with Gasteiger partial charge >= 0.3 is 0 Å². The second-order valence-electron chi connectivity index (χ2n) is 3.34. The quantitative estimate of drug-likeness (QED) is 0.847. The number of benzene rings is 1. The molecule has 8 heteroatoms. The second-order valence-corrected chi connectivity index (χ2v) is 5.61. The Morgan fingerprint density at radius 3 is 2.50 bits per heavy atom. The molecule has 0 saturated heterocycles. The summed E-state index contributed by atoms with van der Waals surface area (Å²) in [4.78, 5) is 10.5. The lowest BCUT2D eigenvalue weighted by molar-refractivity contribution is 0.588. The van der Waals surface area contributed by atoms with Crippen LogP contribution in [0.15, 0.2) is 45.0 Å². The fourth-order valence-corrected chi connectivity index (χ4v) is 2.96. The third-order valence-corrected chi connectivity index (χ3v) is 4.25. The van der Waals surface area contributed by atoms with Gasteiger partial charge in [0.1, 0.15) is 5.82 Å². The van der Waals surface area contributed by atoms with E-state index in [2.05, 4.69) is 5.10 Å². The smallest absolute Gasteiger partial charge is 0.264 e. The molecule has 5 nitrogen and oxygen atoms in total. The first-order valence-electron chi connectivity index (χ1n) is 4.67. The van der Waals surface area contributed by atoms with Crippen molar-refractivity contribution in [2.75, 3.05) is 0 Å². The van der Waals surface area contributed by atoms with Gasteiger partial charge in [-0.15, -0.1) is 0 Å². The highest BCUT2D eigenvalue weighted by Gasteiger charge is 2.22. The van der Waals surface area contributed by atoms with Crippen molar-refractivity contribution in [1.29, 1.82) is 0 Å². The Balaban J connectivity index is 2.61. The number of hydrogen-bond acceptors (Lipinski definition) is 4. The SMILES string of the molecule is O=c1ccc(S(=O)(=O)c2ccc(F)cc2Cl)n[nH]1. The number of halogens is 2. The number of nitrogens with zero attached hydrogens (tertiary/aromatic N) is 1. The molecule has 0 amide bonds. The van der Waals surface area contributed by atoms with Crippen LogP contribution in [0.3, 0.4) is 0 Å². The van der Waals surface area contributed by atoms with Crippen molar-refractivity contribution < 1.29 is 12.8 Å². The summed E-state index contributed by atoms with van der Waals surface area (Å²) < 4.78 is 37.0. The van der Waals surface area contributed by atoms with Crippen molar-refractivity contribution in [1.82, 2.24) is 10.2 Å². The molecule has 0 atom stereocenters. The van der Waals surface area contributed by atoms with Crippen LogP contribution in [-0.2, 0) is 9.84 Å². The monoisotopic (exact) mass is 288 g/mol. The normalized spacial score (nSPS) is 11.4. The zero-order valence-corrected chi connectivity index (χ0v) is 10.3. The van der Waals surface area contributed by atoms with Gasteiger partial charge in [0.05, 0.1) is 9.92 Å². The molecule has 0 unspecified atom stereocenters. The Labute approximate surface area is 106 Å². The van der Waals surface area contributed by atoms with Crippen molar-refractivity contribution in [2.24, 2.45) is 0 Å². The van der Waals surface area contributed by atoms with Gasteiger partial charge in [-0.3, -0.25) is 4.79 Å². The van der Waals surface area contributed by atoms with Gasteiger partial charge in [0.25, 0.3) is 5.56 Å². The predicted molar refractivity (Wildman–Crippen MR) is 61.7 cm³/mol. The molecule has 2 aromatic rings. The maximum absolute atomic E-state index is 12.8. The van der Waals surface area contributed by atoms with E-state index in [4.69, 9.17) is 11.6 Å². The minimum Gasteiger partial charge on any atom is -0.268 e. The minimum atomic E-state index is -3.98. The number of rotatable bonds is 2. The number of nitrogens with one attached hydrogen (secondary N) is 1. The molecule has 18 heavy (non-hydrogen) atoms. The first-order valence-corrected chi connectivity index (χ1v) is 6.53. The molecule has 0 spiro atoms. The van der Waals surface area contributed by atoms with Gasteiger partial charge in [0.15, 0.2) is 5.03 Å². The van der Waals surface area contributed by atoms with E-state index in [1.807, 2.05) is 5.10 Å². The Morgan fingerprint density at radius 1 is 1.22 bits per heavy atom. The van der Waals surface area contributed by atoms with E-state index in [1.54, 1.807) is 0 Å². The Hall–Kier alpha value is -1.73. The van der Waals surface area contributed by atoms with Crippen molar-refractivity contribution in [2.45, 2.75) is 9.92 Å². The molecule has 0 saturated carbocycles. The van der Waals surface area contributed by atoms with E-state index in [-0.39, 0.29) is 14.9 Å². The summed E-state index contributed by atoms with van der Waals surface area (Å²) in [7, 11) is -3.98. The summed E-state index contributed by atoms with van der Waals surface area (Å²) in [5.41, 5.74) is -0.529. The Bertz CT molecular complexity index is 737. The molecule has 0 bridgehead atoms. The van der Waals surface area contributed by atoms with Crippen LogP contribution in [-0.4, -0.2) is 18.6 Å². The van der Waals surface area contributed by atoms with Gasteiger partial charge in [-0.25, -0.2) is 17.9 Å². The molecule has 0 fully saturated rings. The van der Waals surface area contributed by atoms with E-state index in [0.29, 0.717) is 0 Å². The van der Waals surface area contributed by atoms with Crippen molar-refractivity contribution in [3.05, 3.63) is 51.5 Å². The van der Waals surface area contributed by atoms with Crippen molar-refractivity contribution in [3.63, 3.8) is 0 Å². The summed E-state index contributed by atoms with van der Waals surface area (Å²) in [5, 5.41) is 4.80. The summed E-state index contributed by atoms with van der Waals surface area (Å²) >= 11 is 5.68. The lowest BCUT2D eigenvalue weighted by Crippen LogP contribution is -2.12. The number of sulfone groups is 1. The fraction of sp³-hybridized carbons (Fsp3) is 0. The van der Waals surface area contributed by atoms with E-state index < -0.39 is 21.2 Å². The molecule has 0 aliphatic rings. The van der Waals surface area contributed by atoms with E-state index in [0.717, 1.165) is 30.3 Å². The van der Waals surface area contributed by atoms with Gasteiger partial charge in [-0.05, 0) is 24.3 Å². The number of aromatic amines is 1. The van der Waals surface area contributed by atoms with Crippen molar-refractivity contribution >= 4 is 21.4 Å². The largest absolute Gasteiger partial charge is 0.268 e. The topological polar surface area (TPSA) is 79.9 Å². The highest BCUT2D eigenvalue weighted by Crippen LogP contribution is 2.26. The van der Waals surface area contributed by atoms with Crippen LogP contribution in [0, 0.1) is 5.82 Å². The number of aromatic nitrogens is 2. The summed E-state index contributed by atoms with van der Waals surface area (Å²) in [6.07, 6.45) is 0. The molecule has 94 valence electrons. The molecule has 0 aliphatic heterocycles. The van der Waals surface area contributed by atoms with Crippen molar-refractivity contribution in [3.8, 4) is 0 Å². The molecule has 1 N–H and O–H groups in total. The first kappa shape index (κ1) is 12.7. The average Bonchev–Trinajstić information content (AvgIpc) is 2.29. The molecular formula is C10H6ClFN2O3S. The molecule has 1 aromatic heterocycles. The van der Waals surface area contributed by atoms with E-state index in [1.165, 1.54) is 0 Å². The zero-order chi connectivity index (χ0) is 13.3. The van der Waals surface area contributed by atoms with Gasteiger partial charge in [-0.2, -0.15) is 5.10 Å². The van der Waals surface area contributed by atoms with Gasteiger partial charge in [-0.1, -0.05) is 11.6 Å². The molecular weight excluding hydrogens is 283 g/mol. The van der Waals surface area contributed by atoms with Gasteiger partial charge in [0.2, 0.25) is 9.84 Å². The van der Waals surface area contributed by atoms with E-state index >= 15 is 0 Å². The van der Waals surface area contributed by atoms with Crippen LogP contribution in [0.2, 0.25) is 5.02 Å². The summed E-state index contributed by atoms with van der Waals surface area (Å²) in [5.74, 6) is -0.645. The number of hydrogen-bond donors (Lipinski definition) is 1. The Morgan fingerprint density at radius 2 is 1.94 bits per heavy atom. The van der Waals surface area contributed by atoms with Crippen LogP contribution in [0.5, 0.6) is 0 Å². The maximum Gasteiger partial charge on any atom is 0.264 e. The van der Waals surface area contributed by atoms with E-state index in [9.17, 15) is 17.6 Å². The third kappa shape index (κ3) is 2.27. The fourth-order valence-electron chi connectivity index (χ4n) is 1.29. The maximum atomic E-state index is 12.8. The molecule has 1 aromatic carbocycles. The molecule has 2 rings (SSSR count). The Kier molecular flexibility index (Phi) is 3.18. The van der Waals surface area contributed by atoms with Crippen LogP contribution < -0.4 is 5.56 Å². The van der Waals surface area contributed by atoms with Crippen LogP contribution >= 0.6 is 11.6 Å². The minimum absolute atomic E-state index is 0.247. The highest BCUT2D eigenvalue weighted by molar-refractivity contribution is 7.91. The van der Waals surface area contributed by atoms with Crippen LogP contribution in [0.4, 0.5) is 4.39 Å². The van der Waals surface area contributed by atoms with Crippen LogP contribution in [0.25, 0.3) is 0 Å². The summed E-state index contributed by atoms with van der Waals surface area (Å²) in [6.45, 7) is 0. The molecule has 1 heterocycles. The van der Waals surface area contributed by atoms with Gasteiger partial charge in [0, 0.05) is 6.07 Å². The lowest BCUT2D eigenvalue weighted by Gasteiger charge is -2.04. The average molecular weight is 289 g/mol. The first-order chi connectivity index (χ1) is 8.41. The number of H-pyrrole nitrogens is 1. The van der Waals surface area contributed by atoms with Crippen LogP contribution in [0.1, 0.15) is 0 Å². The molecule has 0 aliphatic carbocycles. The predicted octanol–water partition coefficient (Wildman–Crippen LogP) is 1.40. The van der Waals surface area contributed by atoms with Gasteiger partial charge < -0.3 is 0 Å². The summed E-state index contributed by atoms with van der Waals surface area (Å²) in [6, 6.07) is 4.98. The molecule has 0 radical (unpaired) electrons. The highest BCUT2D eigenvalue weighted by atomic mass is 35.5. The standard InChI is InChI=1S/C10H6ClFN2O3S/c11-7-5-6(12)1-2-8(7)18(16,17)10-4-3-9(15)13-14-10/h1-5H,(H,13,15). The zero-order valence-electron chi connectivity index (χ0n) is 8.72.